The second-order valence-corrected chi connectivity index (χ2v) is 7.08. The van der Waals surface area contributed by atoms with E-state index in [1.165, 1.54) is 0 Å². The van der Waals surface area contributed by atoms with Crippen molar-refractivity contribution < 1.29 is 18.3 Å². The maximum atomic E-state index is 11.5. The van der Waals surface area contributed by atoms with Gasteiger partial charge in [0.2, 0.25) is 10.0 Å². The lowest BCUT2D eigenvalue weighted by Gasteiger charge is -2.16. The molecule has 0 amide bonds. The smallest absolute Gasteiger partial charge is 0.229 e. The Kier molecular flexibility index (Phi) is 5.63. The summed E-state index contributed by atoms with van der Waals surface area (Å²) in [5.74, 6) is 0.423. The number of benzene rings is 2. The first kappa shape index (κ1) is 17.3. The molecule has 0 radical (unpaired) electrons. The molecule has 6 heteroatoms. The van der Waals surface area contributed by atoms with E-state index in [9.17, 15) is 13.5 Å². The van der Waals surface area contributed by atoms with Gasteiger partial charge in [0.05, 0.1) is 18.0 Å². The van der Waals surface area contributed by atoms with Crippen LogP contribution < -0.4 is 9.46 Å². The molecule has 0 saturated carbocycles. The van der Waals surface area contributed by atoms with Gasteiger partial charge in [-0.1, -0.05) is 43.3 Å². The number of sulfonamides is 1. The fourth-order valence-electron chi connectivity index (χ4n) is 2.13. The summed E-state index contributed by atoms with van der Waals surface area (Å²) in [7, 11) is -3.44. The third kappa shape index (κ3) is 5.26. The minimum absolute atomic E-state index is 0.327. The van der Waals surface area contributed by atoms with Gasteiger partial charge in [-0.2, -0.15) is 0 Å². The topological polar surface area (TPSA) is 75.6 Å². The summed E-state index contributed by atoms with van der Waals surface area (Å²) in [6.07, 6.45) is 0.984. The molecule has 2 aromatic carbocycles. The van der Waals surface area contributed by atoms with Gasteiger partial charge in [-0.25, -0.2) is 8.42 Å². The summed E-state index contributed by atoms with van der Waals surface area (Å²) < 4.78 is 31.3. The number of rotatable bonds is 7. The SMILES string of the molecule is CCC(O)c1ccc(OCc2ccccc2)c(NS(C)(=O)=O)c1. The minimum Gasteiger partial charge on any atom is -0.487 e. The first-order valence-electron chi connectivity index (χ1n) is 7.35. The van der Waals surface area contributed by atoms with Crippen LogP contribution in [0.3, 0.4) is 0 Å². The second kappa shape index (κ2) is 7.48. The molecule has 0 heterocycles. The first-order chi connectivity index (χ1) is 10.9. The van der Waals surface area contributed by atoms with Gasteiger partial charge in [-0.15, -0.1) is 0 Å². The van der Waals surface area contributed by atoms with E-state index >= 15 is 0 Å². The normalized spacial score (nSPS) is 12.7. The third-order valence-electron chi connectivity index (χ3n) is 3.31. The molecule has 0 bridgehead atoms. The number of aliphatic hydroxyl groups excluding tert-OH is 1. The van der Waals surface area contributed by atoms with Crippen molar-refractivity contribution in [1.82, 2.24) is 0 Å². The first-order valence-corrected chi connectivity index (χ1v) is 9.24. The van der Waals surface area contributed by atoms with Crippen LogP contribution in [-0.2, 0) is 16.6 Å². The highest BCUT2D eigenvalue weighted by Crippen LogP contribution is 2.30. The number of ether oxygens (including phenoxy) is 1. The zero-order valence-electron chi connectivity index (χ0n) is 13.2. The summed E-state index contributed by atoms with van der Waals surface area (Å²) >= 11 is 0. The van der Waals surface area contributed by atoms with Gasteiger partial charge in [0, 0.05) is 0 Å². The van der Waals surface area contributed by atoms with E-state index in [-0.39, 0.29) is 0 Å². The fourth-order valence-corrected chi connectivity index (χ4v) is 2.69. The van der Waals surface area contributed by atoms with Crippen LogP contribution in [0.5, 0.6) is 5.75 Å². The van der Waals surface area contributed by atoms with E-state index in [0.29, 0.717) is 30.0 Å². The summed E-state index contributed by atoms with van der Waals surface area (Å²) in [4.78, 5) is 0. The predicted molar refractivity (Wildman–Crippen MR) is 90.9 cm³/mol. The van der Waals surface area contributed by atoms with E-state index in [1.807, 2.05) is 37.3 Å². The van der Waals surface area contributed by atoms with Crippen LogP contribution in [-0.4, -0.2) is 19.8 Å². The third-order valence-corrected chi connectivity index (χ3v) is 3.90. The molecule has 23 heavy (non-hydrogen) atoms. The maximum absolute atomic E-state index is 11.5. The number of aliphatic hydroxyl groups is 1. The van der Waals surface area contributed by atoms with Crippen LogP contribution in [0.1, 0.15) is 30.6 Å². The van der Waals surface area contributed by atoms with Crippen molar-refractivity contribution in [3.8, 4) is 5.75 Å². The highest BCUT2D eigenvalue weighted by atomic mass is 32.2. The van der Waals surface area contributed by atoms with E-state index in [4.69, 9.17) is 4.74 Å². The molecule has 5 nitrogen and oxygen atoms in total. The molecule has 1 unspecified atom stereocenters. The van der Waals surface area contributed by atoms with Crippen molar-refractivity contribution in [2.24, 2.45) is 0 Å². The average Bonchev–Trinajstić information content (AvgIpc) is 2.52. The van der Waals surface area contributed by atoms with Crippen molar-refractivity contribution in [3.63, 3.8) is 0 Å². The van der Waals surface area contributed by atoms with Crippen LogP contribution in [0.15, 0.2) is 48.5 Å². The van der Waals surface area contributed by atoms with Gasteiger partial charge in [-0.3, -0.25) is 4.72 Å². The highest BCUT2D eigenvalue weighted by Gasteiger charge is 2.13. The molecular formula is C17H21NO4S. The Balaban J connectivity index is 2.26. The van der Waals surface area contributed by atoms with Crippen molar-refractivity contribution in [1.29, 1.82) is 0 Å². The van der Waals surface area contributed by atoms with Crippen molar-refractivity contribution in [2.45, 2.75) is 26.1 Å². The molecule has 2 rings (SSSR count). The molecule has 0 spiro atoms. The Labute approximate surface area is 137 Å². The molecule has 0 aliphatic heterocycles. The molecule has 1 atom stereocenters. The largest absolute Gasteiger partial charge is 0.487 e. The van der Waals surface area contributed by atoms with E-state index in [2.05, 4.69) is 4.72 Å². The molecule has 2 aromatic rings. The Morgan fingerprint density at radius 2 is 1.87 bits per heavy atom. The van der Waals surface area contributed by atoms with Crippen LogP contribution in [0.25, 0.3) is 0 Å². The highest BCUT2D eigenvalue weighted by molar-refractivity contribution is 7.92. The van der Waals surface area contributed by atoms with E-state index < -0.39 is 16.1 Å². The monoisotopic (exact) mass is 335 g/mol. The van der Waals surface area contributed by atoms with Gasteiger partial charge in [0.15, 0.2) is 0 Å². The van der Waals surface area contributed by atoms with Crippen LogP contribution in [0.2, 0.25) is 0 Å². The molecule has 2 N–H and O–H groups in total. The molecule has 0 aliphatic carbocycles. The van der Waals surface area contributed by atoms with Crippen molar-refractivity contribution >= 4 is 15.7 Å². The zero-order valence-corrected chi connectivity index (χ0v) is 14.0. The Bertz CT molecular complexity index is 744. The summed E-state index contributed by atoms with van der Waals surface area (Å²) in [5.41, 5.74) is 1.95. The lowest BCUT2D eigenvalue weighted by Crippen LogP contribution is -2.12. The lowest BCUT2D eigenvalue weighted by molar-refractivity contribution is 0.173. The number of hydrogen-bond acceptors (Lipinski definition) is 4. The zero-order chi connectivity index (χ0) is 16.9. The molecule has 0 fully saturated rings. The van der Waals surface area contributed by atoms with Gasteiger partial charge in [-0.05, 0) is 29.7 Å². The molecule has 0 saturated heterocycles. The molecule has 0 aliphatic rings. The van der Waals surface area contributed by atoms with Gasteiger partial charge >= 0.3 is 0 Å². The van der Waals surface area contributed by atoms with Crippen LogP contribution >= 0.6 is 0 Å². The number of nitrogens with one attached hydrogen (secondary N) is 1. The summed E-state index contributed by atoms with van der Waals surface area (Å²) in [6, 6.07) is 14.6. The maximum Gasteiger partial charge on any atom is 0.229 e. The standard InChI is InChI=1S/C17H21NO4S/c1-3-16(19)14-9-10-17(15(11-14)18-23(2,20)21)22-12-13-7-5-4-6-8-13/h4-11,16,18-19H,3,12H2,1-2H3. The summed E-state index contributed by atoms with van der Waals surface area (Å²) in [6.45, 7) is 2.18. The van der Waals surface area contributed by atoms with Gasteiger partial charge < -0.3 is 9.84 Å². The number of anilines is 1. The van der Waals surface area contributed by atoms with Gasteiger partial charge in [0.1, 0.15) is 12.4 Å². The minimum atomic E-state index is -3.44. The molecular weight excluding hydrogens is 314 g/mol. The Morgan fingerprint density at radius 3 is 2.48 bits per heavy atom. The summed E-state index contributed by atoms with van der Waals surface area (Å²) in [5, 5.41) is 9.93. The van der Waals surface area contributed by atoms with Crippen LogP contribution in [0, 0.1) is 0 Å². The fraction of sp³-hybridized carbons (Fsp3) is 0.294. The molecule has 0 aromatic heterocycles. The Morgan fingerprint density at radius 1 is 1.17 bits per heavy atom. The second-order valence-electron chi connectivity index (χ2n) is 5.33. The lowest BCUT2D eigenvalue weighted by atomic mass is 10.1. The average molecular weight is 335 g/mol. The van der Waals surface area contributed by atoms with Crippen molar-refractivity contribution in [3.05, 3.63) is 59.7 Å². The van der Waals surface area contributed by atoms with Crippen LogP contribution in [0.4, 0.5) is 5.69 Å². The molecule has 124 valence electrons. The van der Waals surface area contributed by atoms with E-state index in [0.717, 1.165) is 11.8 Å². The van der Waals surface area contributed by atoms with Crippen molar-refractivity contribution in [2.75, 3.05) is 11.0 Å². The number of hydrogen-bond donors (Lipinski definition) is 2. The predicted octanol–water partition coefficient (Wildman–Crippen LogP) is 3.08. The quantitative estimate of drug-likeness (QED) is 0.815. The van der Waals surface area contributed by atoms with E-state index in [1.54, 1.807) is 18.2 Å². The Hall–Kier alpha value is -2.05. The van der Waals surface area contributed by atoms with Gasteiger partial charge in [0.25, 0.3) is 0 Å².